The average molecular weight is 1000 g/mol. The maximum atomic E-state index is 2.54. The highest BCUT2D eigenvalue weighted by Crippen LogP contribution is 2.59. The van der Waals surface area contributed by atoms with Crippen LogP contribution < -0.4 is 0 Å². The van der Waals surface area contributed by atoms with Gasteiger partial charge in [0.25, 0.3) is 0 Å². The molecule has 18 aromatic rings. The molecular weight excluding hydrogens is 949 g/mol. The van der Waals surface area contributed by atoms with Crippen LogP contribution in [0.5, 0.6) is 0 Å². The Labute approximate surface area is 457 Å². The van der Waals surface area contributed by atoms with Gasteiger partial charge in [-0.05, 0) is 231 Å². The number of fused-ring (bicyclic) bond motifs is 16. The zero-order valence-corrected chi connectivity index (χ0v) is 45.3. The molecule has 18 rings (SSSR count). The lowest BCUT2D eigenvalue weighted by Crippen LogP contribution is -1.90. The molecule has 0 saturated carbocycles. The fraction of sp³-hybridized carbons (Fsp3) is 0.114. The maximum absolute atomic E-state index is 2.54. The second kappa shape index (κ2) is 15.3. The molecule has 0 radical (unpaired) electrons. The van der Waals surface area contributed by atoms with E-state index < -0.39 is 0 Å². The van der Waals surface area contributed by atoms with E-state index in [2.05, 4.69) is 242 Å². The van der Waals surface area contributed by atoms with Crippen molar-refractivity contribution in [2.24, 2.45) is 0 Å². The summed E-state index contributed by atoms with van der Waals surface area (Å²) in [6.45, 7) is 13.8. The van der Waals surface area contributed by atoms with Crippen molar-refractivity contribution in [3.8, 4) is 33.4 Å². The molecule has 0 fully saturated rings. The summed E-state index contributed by atoms with van der Waals surface area (Å²) in [4.78, 5) is 0. The van der Waals surface area contributed by atoms with Gasteiger partial charge in [0.2, 0.25) is 0 Å². The molecule has 79 heavy (non-hydrogen) atoms. The fourth-order valence-electron chi connectivity index (χ4n) is 15.7. The van der Waals surface area contributed by atoms with Crippen molar-refractivity contribution in [1.82, 2.24) is 0 Å². The Morgan fingerprint density at radius 1 is 0.177 bits per heavy atom. The third-order valence-corrected chi connectivity index (χ3v) is 19.3. The number of hydrogen-bond acceptors (Lipinski definition) is 0. The minimum atomic E-state index is 0.411. The fourth-order valence-corrected chi connectivity index (χ4v) is 15.7. The lowest BCUT2D eigenvalue weighted by molar-refractivity contribution is 0.867. The first-order valence-electron chi connectivity index (χ1n) is 28.7. The average Bonchev–Trinajstić information content (AvgIpc) is 2.94. The summed E-state index contributed by atoms with van der Waals surface area (Å²) in [5.41, 5.74) is 11.9. The van der Waals surface area contributed by atoms with E-state index in [1.807, 2.05) is 0 Å². The smallest absolute Gasteiger partial charge is 0.000696 e. The van der Waals surface area contributed by atoms with Gasteiger partial charge in [0, 0.05) is 0 Å². The summed E-state index contributed by atoms with van der Waals surface area (Å²) in [6.07, 6.45) is 0. The Morgan fingerprint density at radius 2 is 0.519 bits per heavy atom. The second-order valence-electron chi connectivity index (χ2n) is 24.2. The molecule has 18 aromatic carbocycles. The van der Waals surface area contributed by atoms with Crippen molar-refractivity contribution in [3.05, 3.63) is 217 Å². The first-order chi connectivity index (χ1) is 38.7. The van der Waals surface area contributed by atoms with Crippen LogP contribution in [0.4, 0.5) is 0 Å². The molecule has 0 atom stereocenters. The van der Waals surface area contributed by atoms with E-state index in [0.29, 0.717) is 17.8 Å². The van der Waals surface area contributed by atoms with Gasteiger partial charge in [0.05, 0.1) is 0 Å². The topological polar surface area (TPSA) is 0 Å². The summed E-state index contributed by atoms with van der Waals surface area (Å²) < 4.78 is 0. The van der Waals surface area contributed by atoms with Crippen LogP contribution in [0.25, 0.3) is 184 Å². The van der Waals surface area contributed by atoms with E-state index in [0.717, 1.165) is 0 Å². The van der Waals surface area contributed by atoms with Crippen molar-refractivity contribution >= 4 is 151 Å². The van der Waals surface area contributed by atoms with Gasteiger partial charge in [-0.1, -0.05) is 230 Å². The molecule has 0 aliphatic heterocycles. The van der Waals surface area contributed by atoms with Crippen LogP contribution in [-0.2, 0) is 0 Å². The van der Waals surface area contributed by atoms with Crippen LogP contribution >= 0.6 is 0 Å². The maximum Gasteiger partial charge on any atom is -0.000696 e. The Morgan fingerprint density at radius 3 is 1.09 bits per heavy atom. The summed E-state index contributed by atoms with van der Waals surface area (Å²) in [5, 5.41) is 38.0. The summed E-state index contributed by atoms with van der Waals surface area (Å²) in [7, 11) is 0. The van der Waals surface area contributed by atoms with Crippen molar-refractivity contribution in [2.75, 3.05) is 0 Å². The number of benzene rings is 14. The molecule has 370 valence electrons. The van der Waals surface area contributed by atoms with Crippen molar-refractivity contribution in [1.29, 1.82) is 0 Å². The van der Waals surface area contributed by atoms with E-state index >= 15 is 0 Å². The molecule has 0 heterocycles. The SMILES string of the molecule is CC(C)c1ccc(-c2cc3c(-c4ccc(C(C)C)cc4)c4c5ccc6c7ccc8c9c(ccc(c%10ccc(c5c6%10)c4c4c5ccc(C(C)C)cc5c(c2)c34)c79)c2c(-c3ccccc3)c3cccc4c5ccccc5c(c34)c82)cc1. The van der Waals surface area contributed by atoms with Gasteiger partial charge >= 0.3 is 0 Å². The second-order valence-corrected chi connectivity index (χ2v) is 24.2. The van der Waals surface area contributed by atoms with Crippen LogP contribution in [0.3, 0.4) is 0 Å². The summed E-state index contributed by atoms with van der Waals surface area (Å²) in [5.74, 6) is 1.32. The molecule has 0 unspecified atom stereocenters. The third-order valence-electron chi connectivity index (χ3n) is 19.3. The number of rotatable bonds is 6. The Hall–Kier alpha value is -9.10. The minimum Gasteiger partial charge on any atom is -0.0622 e. The predicted molar refractivity (Wildman–Crippen MR) is 346 cm³/mol. The Balaban J connectivity index is 1.01. The Bertz CT molecular complexity index is 5560. The molecule has 0 amide bonds. The highest BCUT2D eigenvalue weighted by Gasteiger charge is 2.30. The third kappa shape index (κ3) is 5.49. The molecule has 0 saturated heterocycles. The molecule has 0 aliphatic carbocycles. The van der Waals surface area contributed by atoms with Crippen LogP contribution in [0.2, 0.25) is 0 Å². The molecule has 0 aromatic heterocycles. The van der Waals surface area contributed by atoms with Crippen molar-refractivity contribution in [3.63, 3.8) is 0 Å². The van der Waals surface area contributed by atoms with E-state index in [1.165, 1.54) is 201 Å². The summed E-state index contributed by atoms with van der Waals surface area (Å²) in [6, 6.07) is 78.6. The standard InChI is InChI=1S/C79H54/c1-40(2)43-19-23-45(24-20-43)49-38-64-63-37-48(42(5)6)27-28-57(63)75-73(64)65(39-49)67(47-25-21-44(22-26-47)41(3)4)77-60-34-30-54-55-31-35-61-71-59(33-29-53(68(55)71)56-32-36-62(79(75)77)72(60)69(54)56)76-66(46-13-8-7-9-14-46)58-18-12-17-51-50-15-10-11-16-52(50)74(70(51)58)78(61)76/h7-42H,1-6H3. The minimum absolute atomic E-state index is 0.411. The molecule has 0 N–H and O–H groups in total. The van der Waals surface area contributed by atoms with Gasteiger partial charge in [0.1, 0.15) is 0 Å². The predicted octanol–water partition coefficient (Wildman–Crippen LogP) is 23.4. The molecule has 0 nitrogen and oxygen atoms in total. The quantitative estimate of drug-likeness (QED) is 0.115. The van der Waals surface area contributed by atoms with E-state index in [1.54, 1.807) is 0 Å². The summed E-state index contributed by atoms with van der Waals surface area (Å²) >= 11 is 0. The van der Waals surface area contributed by atoms with Gasteiger partial charge in [0.15, 0.2) is 0 Å². The van der Waals surface area contributed by atoms with Gasteiger partial charge in [-0.15, -0.1) is 0 Å². The highest BCUT2D eigenvalue weighted by molar-refractivity contribution is 6.54. The van der Waals surface area contributed by atoms with E-state index in [4.69, 9.17) is 0 Å². The Kier molecular flexibility index (Phi) is 8.53. The van der Waals surface area contributed by atoms with Crippen LogP contribution in [0.1, 0.15) is 76.0 Å². The molecule has 0 heteroatoms. The van der Waals surface area contributed by atoms with Crippen LogP contribution in [0.15, 0.2) is 200 Å². The molecular formula is C79H54. The molecule has 0 aliphatic rings. The number of hydrogen-bond donors (Lipinski definition) is 0. The van der Waals surface area contributed by atoms with Crippen LogP contribution in [-0.4, -0.2) is 0 Å². The highest BCUT2D eigenvalue weighted by atomic mass is 14.3. The molecule has 0 spiro atoms. The van der Waals surface area contributed by atoms with Crippen LogP contribution in [0, 0.1) is 0 Å². The first-order valence-corrected chi connectivity index (χ1v) is 28.7. The van der Waals surface area contributed by atoms with Gasteiger partial charge in [-0.2, -0.15) is 0 Å². The monoisotopic (exact) mass is 1000 g/mol. The molecule has 0 bridgehead atoms. The van der Waals surface area contributed by atoms with Gasteiger partial charge in [-0.25, -0.2) is 0 Å². The van der Waals surface area contributed by atoms with Crippen molar-refractivity contribution < 1.29 is 0 Å². The normalized spacial score (nSPS) is 13.0. The zero-order chi connectivity index (χ0) is 52.4. The zero-order valence-electron chi connectivity index (χ0n) is 45.3. The largest absolute Gasteiger partial charge is 0.0622 e. The van der Waals surface area contributed by atoms with E-state index in [9.17, 15) is 0 Å². The van der Waals surface area contributed by atoms with E-state index in [-0.39, 0.29) is 0 Å². The first kappa shape index (κ1) is 43.9. The lowest BCUT2D eigenvalue weighted by Gasteiger charge is -2.16. The van der Waals surface area contributed by atoms with Gasteiger partial charge < -0.3 is 0 Å². The van der Waals surface area contributed by atoms with Gasteiger partial charge in [-0.3, -0.25) is 0 Å². The van der Waals surface area contributed by atoms with Crippen molar-refractivity contribution in [2.45, 2.75) is 59.3 Å². The lowest BCUT2D eigenvalue weighted by atomic mass is 9.87.